The fourth-order valence-electron chi connectivity index (χ4n) is 3.15. The standard InChI is InChI=1S/C18H24N4O4/c23-16(19-7-9-21-10-12-26-13-11-21)6-3-8-22-17(24)14-4-1-2-5-15(14)20-18(22)25/h1-2,4-5,14H,3,6-13H2,(H,19,23). The monoisotopic (exact) mass is 360 g/mol. The molecule has 1 aliphatic carbocycles. The van der Waals surface area contributed by atoms with E-state index < -0.39 is 11.9 Å². The minimum atomic E-state index is -0.547. The van der Waals surface area contributed by atoms with Crippen molar-refractivity contribution in [2.24, 2.45) is 10.9 Å². The van der Waals surface area contributed by atoms with E-state index in [1.54, 1.807) is 24.3 Å². The summed E-state index contributed by atoms with van der Waals surface area (Å²) in [6.07, 6.45) is 7.65. The highest BCUT2D eigenvalue weighted by molar-refractivity contribution is 6.21. The number of carbonyl (C=O) groups is 3. The Bertz CT molecular complexity index is 650. The molecule has 1 N–H and O–H groups in total. The van der Waals surface area contributed by atoms with Gasteiger partial charge in [0.05, 0.1) is 24.8 Å². The van der Waals surface area contributed by atoms with Gasteiger partial charge in [0.15, 0.2) is 0 Å². The molecule has 0 saturated carbocycles. The van der Waals surface area contributed by atoms with Gasteiger partial charge in [-0.3, -0.25) is 19.4 Å². The SMILES string of the molecule is O=C(CCCN1C(=O)N=C2C=CC=CC2C1=O)NCCN1CCOCC1. The number of rotatable bonds is 7. The first kappa shape index (κ1) is 18.5. The van der Waals surface area contributed by atoms with Crippen LogP contribution in [-0.4, -0.2) is 79.3 Å². The van der Waals surface area contributed by atoms with E-state index in [4.69, 9.17) is 4.74 Å². The Hall–Kier alpha value is -2.32. The van der Waals surface area contributed by atoms with Crippen molar-refractivity contribution < 1.29 is 19.1 Å². The van der Waals surface area contributed by atoms with Crippen molar-refractivity contribution in [3.63, 3.8) is 0 Å². The number of allylic oxidation sites excluding steroid dienone is 3. The van der Waals surface area contributed by atoms with Crippen LogP contribution >= 0.6 is 0 Å². The second kappa shape index (κ2) is 8.86. The van der Waals surface area contributed by atoms with Crippen molar-refractivity contribution in [2.75, 3.05) is 45.9 Å². The molecule has 0 aromatic rings. The maximum atomic E-state index is 12.4. The van der Waals surface area contributed by atoms with E-state index in [9.17, 15) is 14.4 Å². The summed E-state index contributed by atoms with van der Waals surface area (Å²) in [5, 5.41) is 2.88. The maximum absolute atomic E-state index is 12.4. The molecule has 8 heteroatoms. The van der Waals surface area contributed by atoms with Crippen LogP contribution in [0.5, 0.6) is 0 Å². The topological polar surface area (TPSA) is 91.3 Å². The lowest BCUT2D eigenvalue weighted by Crippen LogP contribution is -2.46. The van der Waals surface area contributed by atoms with Crippen molar-refractivity contribution in [2.45, 2.75) is 12.8 Å². The zero-order chi connectivity index (χ0) is 18.4. The molecule has 1 fully saturated rings. The van der Waals surface area contributed by atoms with Gasteiger partial charge in [-0.15, -0.1) is 0 Å². The molecule has 2 heterocycles. The Balaban J connectivity index is 1.37. The van der Waals surface area contributed by atoms with Gasteiger partial charge in [0.2, 0.25) is 11.8 Å². The van der Waals surface area contributed by atoms with Crippen LogP contribution in [0.3, 0.4) is 0 Å². The van der Waals surface area contributed by atoms with Crippen molar-refractivity contribution in [1.29, 1.82) is 0 Å². The zero-order valence-corrected chi connectivity index (χ0v) is 14.7. The number of aliphatic imine (C=N–C) groups is 1. The fourth-order valence-corrected chi connectivity index (χ4v) is 3.15. The summed E-state index contributed by atoms with van der Waals surface area (Å²) in [6, 6.07) is -0.547. The highest BCUT2D eigenvalue weighted by Gasteiger charge is 2.35. The molecule has 0 radical (unpaired) electrons. The second-order valence-electron chi connectivity index (χ2n) is 6.44. The van der Waals surface area contributed by atoms with Gasteiger partial charge in [-0.2, -0.15) is 4.99 Å². The number of imide groups is 1. The largest absolute Gasteiger partial charge is 0.379 e. The molecule has 0 aromatic heterocycles. The van der Waals surface area contributed by atoms with E-state index in [1.165, 1.54) is 0 Å². The van der Waals surface area contributed by atoms with E-state index in [1.807, 2.05) is 0 Å². The van der Waals surface area contributed by atoms with Crippen LogP contribution in [0.4, 0.5) is 4.79 Å². The lowest BCUT2D eigenvalue weighted by molar-refractivity contribution is -0.130. The lowest BCUT2D eigenvalue weighted by Gasteiger charge is -2.28. The number of morpholine rings is 1. The van der Waals surface area contributed by atoms with Gasteiger partial charge in [-0.05, 0) is 12.5 Å². The molecular weight excluding hydrogens is 336 g/mol. The summed E-state index contributed by atoms with van der Waals surface area (Å²) in [5.74, 6) is -0.826. The van der Waals surface area contributed by atoms with Gasteiger partial charge in [0.25, 0.3) is 0 Å². The van der Waals surface area contributed by atoms with Crippen molar-refractivity contribution in [3.8, 4) is 0 Å². The van der Waals surface area contributed by atoms with Gasteiger partial charge in [0.1, 0.15) is 0 Å². The number of urea groups is 1. The summed E-state index contributed by atoms with van der Waals surface area (Å²) in [7, 11) is 0. The number of nitrogens with zero attached hydrogens (tertiary/aromatic N) is 3. The van der Waals surface area contributed by atoms with Gasteiger partial charge in [-0.1, -0.05) is 18.2 Å². The van der Waals surface area contributed by atoms with Crippen molar-refractivity contribution >= 4 is 23.6 Å². The molecule has 0 aromatic carbocycles. The van der Waals surface area contributed by atoms with Gasteiger partial charge < -0.3 is 10.1 Å². The molecular formula is C18H24N4O4. The van der Waals surface area contributed by atoms with Crippen molar-refractivity contribution in [1.82, 2.24) is 15.1 Å². The number of nitrogens with one attached hydrogen (secondary N) is 1. The average Bonchev–Trinajstić information content (AvgIpc) is 2.65. The third kappa shape index (κ3) is 4.64. The third-order valence-corrected chi connectivity index (χ3v) is 4.63. The molecule has 3 rings (SSSR count). The van der Waals surface area contributed by atoms with E-state index in [0.717, 1.165) is 37.7 Å². The van der Waals surface area contributed by atoms with Crippen molar-refractivity contribution in [3.05, 3.63) is 24.3 Å². The molecule has 8 nitrogen and oxygen atoms in total. The first-order valence-corrected chi connectivity index (χ1v) is 9.01. The van der Waals surface area contributed by atoms with Gasteiger partial charge in [0, 0.05) is 39.1 Å². The second-order valence-corrected chi connectivity index (χ2v) is 6.44. The number of hydrogen-bond acceptors (Lipinski definition) is 5. The van der Waals surface area contributed by atoms with Crippen LogP contribution in [0.2, 0.25) is 0 Å². The van der Waals surface area contributed by atoms with Crippen LogP contribution < -0.4 is 5.32 Å². The van der Waals surface area contributed by atoms with Crippen LogP contribution in [0.1, 0.15) is 12.8 Å². The maximum Gasteiger partial charge on any atom is 0.350 e. The molecule has 1 saturated heterocycles. The highest BCUT2D eigenvalue weighted by Crippen LogP contribution is 2.19. The van der Waals surface area contributed by atoms with Crippen LogP contribution in [-0.2, 0) is 14.3 Å². The molecule has 1 unspecified atom stereocenters. The zero-order valence-electron chi connectivity index (χ0n) is 14.7. The Labute approximate surface area is 152 Å². The smallest absolute Gasteiger partial charge is 0.350 e. The quantitative estimate of drug-likeness (QED) is 0.708. The summed E-state index contributed by atoms with van der Waals surface area (Å²) < 4.78 is 5.28. The molecule has 2 aliphatic heterocycles. The lowest BCUT2D eigenvalue weighted by atomic mass is 9.95. The third-order valence-electron chi connectivity index (χ3n) is 4.63. The summed E-state index contributed by atoms with van der Waals surface area (Å²) in [6.45, 7) is 4.86. The Morgan fingerprint density at radius 1 is 1.23 bits per heavy atom. The molecule has 0 bridgehead atoms. The van der Waals surface area contributed by atoms with E-state index in [-0.39, 0.29) is 24.8 Å². The van der Waals surface area contributed by atoms with Crippen LogP contribution in [0.25, 0.3) is 0 Å². The Morgan fingerprint density at radius 2 is 2.04 bits per heavy atom. The highest BCUT2D eigenvalue weighted by atomic mass is 16.5. The minimum absolute atomic E-state index is 0.0696. The first-order valence-electron chi connectivity index (χ1n) is 9.01. The minimum Gasteiger partial charge on any atom is -0.379 e. The van der Waals surface area contributed by atoms with Gasteiger partial charge in [-0.25, -0.2) is 4.79 Å². The Kier molecular flexibility index (Phi) is 6.30. The van der Waals surface area contributed by atoms with E-state index >= 15 is 0 Å². The number of ether oxygens (including phenoxy) is 1. The van der Waals surface area contributed by atoms with Gasteiger partial charge >= 0.3 is 6.03 Å². The van der Waals surface area contributed by atoms with E-state index in [0.29, 0.717) is 18.7 Å². The molecule has 26 heavy (non-hydrogen) atoms. The number of amides is 4. The normalized spacial score (nSPS) is 23.0. The molecule has 140 valence electrons. The van der Waals surface area contributed by atoms with Crippen LogP contribution in [0.15, 0.2) is 29.3 Å². The number of hydrogen-bond donors (Lipinski definition) is 1. The summed E-state index contributed by atoms with van der Waals surface area (Å²) in [5.41, 5.74) is 0.486. The summed E-state index contributed by atoms with van der Waals surface area (Å²) >= 11 is 0. The fraction of sp³-hybridized carbons (Fsp3) is 0.556. The molecule has 3 aliphatic rings. The number of carbonyl (C=O) groups excluding carboxylic acids is 3. The molecule has 4 amide bonds. The predicted octanol–water partition coefficient (Wildman–Crippen LogP) is 0.360. The van der Waals surface area contributed by atoms with E-state index in [2.05, 4.69) is 15.2 Å². The summed E-state index contributed by atoms with van der Waals surface area (Å²) in [4.78, 5) is 43.7. The average molecular weight is 360 g/mol. The molecule has 0 spiro atoms. The van der Waals surface area contributed by atoms with Crippen LogP contribution in [0, 0.1) is 5.92 Å². The predicted molar refractivity (Wildman–Crippen MR) is 95.8 cm³/mol. The number of fused-ring (bicyclic) bond motifs is 1. The Morgan fingerprint density at radius 3 is 2.85 bits per heavy atom. The molecule has 1 atom stereocenters. The first-order chi connectivity index (χ1) is 12.6.